The molecule has 0 saturated heterocycles. The minimum atomic E-state index is 0.759. The molecule has 0 bridgehead atoms. The van der Waals surface area contributed by atoms with E-state index in [1.54, 1.807) is 0 Å². The lowest BCUT2D eigenvalue weighted by Gasteiger charge is -2.07. The number of hydrogen-bond acceptors (Lipinski definition) is 2. The molecule has 0 unspecified atom stereocenters. The maximum absolute atomic E-state index is 5.89. The van der Waals surface area contributed by atoms with Crippen molar-refractivity contribution in [1.29, 1.82) is 0 Å². The molecule has 0 aliphatic heterocycles. The molecule has 1 aromatic rings. The standard InChI is InChI=1S/C14H21BrClNO/c1-2-3-8-18-9-4-7-17-11-12-5-6-13(16)10-14(12)15/h5-6,10,17H,2-4,7-9,11H2,1H3. The van der Waals surface area contributed by atoms with Crippen LogP contribution in [0.3, 0.4) is 0 Å². The summed E-state index contributed by atoms with van der Waals surface area (Å²) in [4.78, 5) is 0. The lowest BCUT2D eigenvalue weighted by Crippen LogP contribution is -2.16. The second-order valence-electron chi connectivity index (χ2n) is 4.23. The number of rotatable bonds is 9. The fourth-order valence-electron chi connectivity index (χ4n) is 1.54. The third kappa shape index (κ3) is 6.74. The molecule has 0 heterocycles. The molecule has 2 nitrogen and oxygen atoms in total. The van der Waals surface area contributed by atoms with Crippen molar-refractivity contribution in [2.45, 2.75) is 32.7 Å². The molecule has 1 aromatic carbocycles. The number of nitrogens with one attached hydrogen (secondary N) is 1. The summed E-state index contributed by atoms with van der Waals surface area (Å²) in [5.74, 6) is 0. The fraction of sp³-hybridized carbons (Fsp3) is 0.571. The minimum Gasteiger partial charge on any atom is -0.381 e. The van der Waals surface area contributed by atoms with Crippen LogP contribution < -0.4 is 5.32 Å². The SMILES string of the molecule is CCCCOCCCNCc1ccc(Cl)cc1Br. The van der Waals surface area contributed by atoms with Gasteiger partial charge in [0.05, 0.1) is 0 Å². The van der Waals surface area contributed by atoms with Crippen LogP contribution in [0.2, 0.25) is 5.02 Å². The zero-order valence-corrected chi connectivity index (χ0v) is 13.2. The Bertz CT molecular complexity index is 347. The van der Waals surface area contributed by atoms with Crippen LogP contribution in [-0.2, 0) is 11.3 Å². The van der Waals surface area contributed by atoms with Crippen molar-refractivity contribution < 1.29 is 4.74 Å². The highest BCUT2D eigenvalue weighted by atomic mass is 79.9. The number of ether oxygens (including phenoxy) is 1. The van der Waals surface area contributed by atoms with E-state index >= 15 is 0 Å². The Morgan fingerprint density at radius 3 is 2.78 bits per heavy atom. The van der Waals surface area contributed by atoms with E-state index in [0.717, 1.165) is 48.6 Å². The third-order valence-electron chi connectivity index (χ3n) is 2.62. The van der Waals surface area contributed by atoms with Gasteiger partial charge in [-0.25, -0.2) is 0 Å². The van der Waals surface area contributed by atoms with Crippen LogP contribution >= 0.6 is 27.5 Å². The molecule has 1 rings (SSSR count). The molecule has 0 aliphatic carbocycles. The van der Waals surface area contributed by atoms with E-state index in [1.165, 1.54) is 12.0 Å². The highest BCUT2D eigenvalue weighted by Gasteiger charge is 1.99. The van der Waals surface area contributed by atoms with E-state index in [1.807, 2.05) is 18.2 Å². The summed E-state index contributed by atoms with van der Waals surface area (Å²) >= 11 is 9.40. The molecule has 18 heavy (non-hydrogen) atoms. The van der Waals surface area contributed by atoms with Crippen molar-refractivity contribution in [2.24, 2.45) is 0 Å². The number of unbranched alkanes of at least 4 members (excludes halogenated alkanes) is 1. The van der Waals surface area contributed by atoms with Crippen LogP contribution in [0.25, 0.3) is 0 Å². The first-order chi connectivity index (χ1) is 8.74. The van der Waals surface area contributed by atoms with Crippen LogP contribution in [0.15, 0.2) is 22.7 Å². The second kappa shape index (κ2) is 9.79. The van der Waals surface area contributed by atoms with Gasteiger partial charge in [0.25, 0.3) is 0 Å². The zero-order chi connectivity index (χ0) is 13.2. The highest BCUT2D eigenvalue weighted by molar-refractivity contribution is 9.10. The Morgan fingerprint density at radius 2 is 2.06 bits per heavy atom. The second-order valence-corrected chi connectivity index (χ2v) is 5.52. The van der Waals surface area contributed by atoms with Crippen LogP contribution in [0.1, 0.15) is 31.7 Å². The Kier molecular flexibility index (Phi) is 8.68. The molecule has 0 spiro atoms. The summed E-state index contributed by atoms with van der Waals surface area (Å²) in [7, 11) is 0. The summed E-state index contributed by atoms with van der Waals surface area (Å²) in [5, 5.41) is 4.16. The molecule has 0 radical (unpaired) electrons. The quantitative estimate of drug-likeness (QED) is 0.676. The highest BCUT2D eigenvalue weighted by Crippen LogP contribution is 2.21. The fourth-order valence-corrected chi connectivity index (χ4v) is 2.36. The first-order valence-corrected chi connectivity index (χ1v) is 7.63. The summed E-state index contributed by atoms with van der Waals surface area (Å²) in [6.45, 7) is 5.73. The molecule has 0 aliphatic rings. The van der Waals surface area contributed by atoms with Gasteiger partial charge < -0.3 is 10.1 Å². The van der Waals surface area contributed by atoms with Gasteiger partial charge >= 0.3 is 0 Å². The average molecular weight is 335 g/mol. The van der Waals surface area contributed by atoms with Crippen molar-refractivity contribution in [3.8, 4) is 0 Å². The first kappa shape index (κ1) is 16.0. The summed E-state index contributed by atoms with van der Waals surface area (Å²) in [6, 6.07) is 5.88. The van der Waals surface area contributed by atoms with E-state index in [4.69, 9.17) is 16.3 Å². The molecule has 4 heteroatoms. The van der Waals surface area contributed by atoms with Crippen molar-refractivity contribution in [2.75, 3.05) is 19.8 Å². The van der Waals surface area contributed by atoms with Gasteiger partial charge in [-0.1, -0.05) is 46.9 Å². The summed E-state index contributed by atoms with van der Waals surface area (Å²) in [5.41, 5.74) is 1.23. The molecule has 0 atom stereocenters. The number of benzene rings is 1. The van der Waals surface area contributed by atoms with E-state index < -0.39 is 0 Å². The van der Waals surface area contributed by atoms with Crippen LogP contribution in [-0.4, -0.2) is 19.8 Å². The largest absolute Gasteiger partial charge is 0.381 e. The number of halogens is 2. The lowest BCUT2D eigenvalue weighted by atomic mass is 10.2. The Morgan fingerprint density at radius 1 is 1.28 bits per heavy atom. The molecular formula is C14H21BrClNO. The minimum absolute atomic E-state index is 0.759. The van der Waals surface area contributed by atoms with Crippen LogP contribution in [0, 0.1) is 0 Å². The molecule has 1 N–H and O–H groups in total. The number of hydrogen-bond donors (Lipinski definition) is 1. The monoisotopic (exact) mass is 333 g/mol. The maximum atomic E-state index is 5.89. The van der Waals surface area contributed by atoms with Gasteiger partial charge in [-0.2, -0.15) is 0 Å². The van der Waals surface area contributed by atoms with E-state index in [-0.39, 0.29) is 0 Å². The van der Waals surface area contributed by atoms with Crippen molar-refractivity contribution in [1.82, 2.24) is 5.32 Å². The van der Waals surface area contributed by atoms with Gasteiger partial charge in [-0.15, -0.1) is 0 Å². The van der Waals surface area contributed by atoms with Gasteiger partial charge in [0.2, 0.25) is 0 Å². The van der Waals surface area contributed by atoms with Gasteiger partial charge in [-0.05, 0) is 37.1 Å². The third-order valence-corrected chi connectivity index (χ3v) is 3.59. The summed E-state index contributed by atoms with van der Waals surface area (Å²) in [6.07, 6.45) is 3.41. The molecule has 0 saturated carbocycles. The van der Waals surface area contributed by atoms with Crippen molar-refractivity contribution in [3.05, 3.63) is 33.3 Å². The normalized spacial score (nSPS) is 10.8. The van der Waals surface area contributed by atoms with E-state index in [9.17, 15) is 0 Å². The van der Waals surface area contributed by atoms with Crippen molar-refractivity contribution in [3.63, 3.8) is 0 Å². The Labute approximate surface area is 123 Å². The predicted octanol–water partition coefficient (Wildman–Crippen LogP) is 4.40. The van der Waals surface area contributed by atoms with Gasteiger partial charge in [0.1, 0.15) is 0 Å². The van der Waals surface area contributed by atoms with E-state index in [2.05, 4.69) is 28.2 Å². The average Bonchev–Trinajstić information content (AvgIpc) is 2.35. The van der Waals surface area contributed by atoms with Gasteiger partial charge in [-0.3, -0.25) is 0 Å². The maximum Gasteiger partial charge on any atom is 0.0478 e. The van der Waals surface area contributed by atoms with E-state index in [0.29, 0.717) is 0 Å². The molecule has 102 valence electrons. The molecule has 0 aromatic heterocycles. The smallest absolute Gasteiger partial charge is 0.0478 e. The van der Waals surface area contributed by atoms with Gasteiger partial charge in [0.15, 0.2) is 0 Å². The Balaban J connectivity index is 2.07. The van der Waals surface area contributed by atoms with Crippen LogP contribution in [0.5, 0.6) is 0 Å². The molecule has 0 amide bonds. The molecule has 0 fully saturated rings. The first-order valence-electron chi connectivity index (χ1n) is 6.46. The zero-order valence-electron chi connectivity index (χ0n) is 10.8. The summed E-state index contributed by atoms with van der Waals surface area (Å²) < 4.78 is 6.56. The van der Waals surface area contributed by atoms with Crippen LogP contribution in [0.4, 0.5) is 0 Å². The predicted molar refractivity (Wildman–Crippen MR) is 81.2 cm³/mol. The Hall–Kier alpha value is -0.0900. The van der Waals surface area contributed by atoms with Gasteiger partial charge in [0, 0.05) is 29.3 Å². The van der Waals surface area contributed by atoms with Crippen molar-refractivity contribution >= 4 is 27.5 Å². The molecular weight excluding hydrogens is 314 g/mol. The topological polar surface area (TPSA) is 21.3 Å². The lowest BCUT2D eigenvalue weighted by molar-refractivity contribution is 0.129.